The summed E-state index contributed by atoms with van der Waals surface area (Å²) in [6.45, 7) is 5.80. The molecule has 3 rings (SSSR count). The van der Waals surface area contributed by atoms with Gasteiger partial charge in [-0.25, -0.2) is 13.2 Å². The number of carbonyl (C=O) groups is 2. The smallest absolute Gasteiger partial charge is 0.425 e. The summed E-state index contributed by atoms with van der Waals surface area (Å²) in [6, 6.07) is 14.2. The summed E-state index contributed by atoms with van der Waals surface area (Å²) >= 11 is 0. The van der Waals surface area contributed by atoms with Crippen LogP contribution in [0.1, 0.15) is 30.1 Å². The molecule has 6 nitrogen and oxygen atoms in total. The van der Waals surface area contributed by atoms with Crippen molar-refractivity contribution in [2.75, 3.05) is 0 Å². The van der Waals surface area contributed by atoms with E-state index in [1.54, 1.807) is 36.4 Å². The Kier molecular flexibility index (Phi) is 5.65. The van der Waals surface area contributed by atoms with Crippen molar-refractivity contribution in [1.29, 1.82) is 0 Å². The molecule has 28 heavy (non-hydrogen) atoms. The van der Waals surface area contributed by atoms with Gasteiger partial charge in [0.25, 0.3) is 10.0 Å². The second kappa shape index (κ2) is 7.98. The Labute approximate surface area is 164 Å². The van der Waals surface area contributed by atoms with Crippen molar-refractivity contribution in [1.82, 2.24) is 4.31 Å². The zero-order valence-corrected chi connectivity index (χ0v) is 16.3. The van der Waals surface area contributed by atoms with Gasteiger partial charge in [-0.3, -0.25) is 0 Å². The van der Waals surface area contributed by atoms with Crippen molar-refractivity contribution in [3.8, 4) is 0 Å². The van der Waals surface area contributed by atoms with Gasteiger partial charge in [0.2, 0.25) is 0 Å². The van der Waals surface area contributed by atoms with Gasteiger partial charge in [-0.1, -0.05) is 54.6 Å². The maximum absolute atomic E-state index is 13.2. The lowest BCUT2D eigenvalue weighted by Crippen LogP contribution is -2.40. The average molecular weight is 399 g/mol. The van der Waals surface area contributed by atoms with Crippen molar-refractivity contribution in [2.24, 2.45) is 0 Å². The molecule has 146 valence electrons. The van der Waals surface area contributed by atoms with Crippen molar-refractivity contribution < 1.29 is 22.7 Å². The minimum atomic E-state index is -4.16. The van der Waals surface area contributed by atoms with Crippen molar-refractivity contribution in [2.45, 2.75) is 36.8 Å². The number of nitrogens with zero attached hydrogens (tertiary/aromatic N) is 1. The Hall–Kier alpha value is -2.93. The summed E-state index contributed by atoms with van der Waals surface area (Å²) in [6.07, 6.45) is -0.601. The zero-order valence-electron chi connectivity index (χ0n) is 15.4. The van der Waals surface area contributed by atoms with Crippen LogP contribution in [0.2, 0.25) is 0 Å². The number of hydrogen-bond acceptors (Lipinski definition) is 5. The molecule has 0 aliphatic carbocycles. The molecule has 1 saturated heterocycles. The summed E-state index contributed by atoms with van der Waals surface area (Å²) in [5.74, 6) is 0. The van der Waals surface area contributed by atoms with Crippen LogP contribution >= 0.6 is 0 Å². The fourth-order valence-electron chi connectivity index (χ4n) is 3.20. The number of cyclic esters (lactones) is 1. The Balaban J connectivity index is 2.06. The molecule has 2 aromatic rings. The first kappa shape index (κ1) is 19.8. The van der Waals surface area contributed by atoms with Crippen molar-refractivity contribution in [3.05, 3.63) is 77.9 Å². The lowest BCUT2D eigenvalue weighted by atomic mass is 9.95. The predicted molar refractivity (Wildman–Crippen MR) is 104 cm³/mol. The molecule has 1 heterocycles. The number of ether oxygens (including phenoxy) is 1. The Morgan fingerprint density at radius 3 is 2.39 bits per heavy atom. The molecule has 0 N–H and O–H groups in total. The molecule has 7 heteroatoms. The number of aryl methyl sites for hydroxylation is 1. The molecule has 1 amide bonds. The fourth-order valence-corrected chi connectivity index (χ4v) is 4.70. The van der Waals surface area contributed by atoms with Gasteiger partial charge in [-0.15, -0.1) is 0 Å². The lowest BCUT2D eigenvalue weighted by molar-refractivity contribution is -0.107. The van der Waals surface area contributed by atoms with Crippen LogP contribution in [0, 0.1) is 6.92 Å². The normalized spacial score (nSPS) is 19.3. The molecule has 2 aromatic carbocycles. The quantitative estimate of drug-likeness (QED) is 0.523. The van der Waals surface area contributed by atoms with Crippen LogP contribution in [-0.2, 0) is 19.6 Å². The summed E-state index contributed by atoms with van der Waals surface area (Å²) in [7, 11) is -4.16. The van der Waals surface area contributed by atoms with Crippen LogP contribution in [0.25, 0.3) is 0 Å². The van der Waals surface area contributed by atoms with Gasteiger partial charge in [0, 0.05) is 6.42 Å². The summed E-state index contributed by atoms with van der Waals surface area (Å²) in [5, 5.41) is 0. The first-order chi connectivity index (χ1) is 13.4. The van der Waals surface area contributed by atoms with Gasteiger partial charge in [-0.05, 0) is 36.6 Å². The van der Waals surface area contributed by atoms with Crippen molar-refractivity contribution >= 4 is 22.4 Å². The van der Waals surface area contributed by atoms with Gasteiger partial charge < -0.3 is 9.53 Å². The average Bonchev–Trinajstić information content (AvgIpc) is 3.05. The predicted octanol–water partition coefficient (Wildman–Crippen LogP) is 3.78. The Morgan fingerprint density at radius 1 is 1.14 bits per heavy atom. The highest BCUT2D eigenvalue weighted by Crippen LogP contribution is 2.40. The van der Waals surface area contributed by atoms with E-state index in [1.165, 1.54) is 12.1 Å². The van der Waals surface area contributed by atoms with Gasteiger partial charge in [0.05, 0.1) is 4.90 Å². The zero-order chi connectivity index (χ0) is 20.3. The molecular formula is C21H21NO5S. The number of rotatable bonds is 7. The first-order valence-corrected chi connectivity index (χ1v) is 10.3. The number of sulfonamides is 1. The highest BCUT2D eigenvalue weighted by Gasteiger charge is 2.50. The van der Waals surface area contributed by atoms with E-state index in [-0.39, 0.29) is 17.7 Å². The first-order valence-electron chi connectivity index (χ1n) is 8.84. The lowest BCUT2D eigenvalue weighted by Gasteiger charge is -2.26. The van der Waals surface area contributed by atoms with E-state index in [0.29, 0.717) is 11.1 Å². The van der Waals surface area contributed by atoms with Gasteiger partial charge >= 0.3 is 6.09 Å². The summed E-state index contributed by atoms with van der Waals surface area (Å²) in [5.41, 5.74) is 2.01. The van der Waals surface area contributed by atoms with Gasteiger partial charge in [-0.2, -0.15) is 4.31 Å². The second-order valence-corrected chi connectivity index (χ2v) is 8.45. The van der Waals surface area contributed by atoms with E-state index < -0.39 is 28.3 Å². The number of carbonyl (C=O) groups excluding carboxylic acids is 2. The molecule has 2 unspecified atom stereocenters. The monoisotopic (exact) mass is 399 g/mol. The minimum absolute atomic E-state index is 0.00282. The fraction of sp³-hybridized carbons (Fsp3) is 0.238. The molecule has 0 spiro atoms. The summed E-state index contributed by atoms with van der Waals surface area (Å²) in [4.78, 5) is 23.4. The van der Waals surface area contributed by atoms with E-state index in [0.717, 1.165) is 16.2 Å². The van der Waals surface area contributed by atoms with E-state index in [4.69, 9.17) is 4.74 Å². The van der Waals surface area contributed by atoms with E-state index in [9.17, 15) is 18.0 Å². The molecule has 0 bridgehead atoms. The highest BCUT2D eigenvalue weighted by atomic mass is 32.2. The maximum Gasteiger partial charge on any atom is 0.425 e. The van der Waals surface area contributed by atoms with Crippen LogP contribution in [0.15, 0.2) is 71.6 Å². The van der Waals surface area contributed by atoms with Crippen LogP contribution in [0.5, 0.6) is 0 Å². The van der Waals surface area contributed by atoms with E-state index >= 15 is 0 Å². The molecule has 1 fully saturated rings. The molecule has 0 saturated carbocycles. The van der Waals surface area contributed by atoms with Gasteiger partial charge in [0.1, 0.15) is 12.3 Å². The SMILES string of the molecule is C=C(CCC=O)C1C(c2ccccc2)OC(=O)N1S(=O)(=O)c1ccc(C)cc1. The molecule has 1 aliphatic rings. The number of benzene rings is 2. The largest absolute Gasteiger partial charge is 0.438 e. The highest BCUT2D eigenvalue weighted by molar-refractivity contribution is 7.89. The third kappa shape index (κ3) is 3.71. The molecular weight excluding hydrogens is 378 g/mol. The standard InChI is InChI=1S/C21H21NO5S/c1-15-10-12-18(13-11-15)28(25,26)22-19(16(2)7-6-14-23)20(27-21(22)24)17-8-4-3-5-9-17/h3-5,8-14,19-20H,2,6-7H2,1H3. The van der Waals surface area contributed by atoms with Crippen LogP contribution in [0.3, 0.4) is 0 Å². The van der Waals surface area contributed by atoms with E-state index in [2.05, 4.69) is 6.58 Å². The summed E-state index contributed by atoms with van der Waals surface area (Å²) < 4.78 is 32.7. The van der Waals surface area contributed by atoms with Crippen LogP contribution < -0.4 is 0 Å². The number of hydrogen-bond donors (Lipinski definition) is 0. The number of aldehydes is 1. The second-order valence-electron chi connectivity index (χ2n) is 6.64. The van der Waals surface area contributed by atoms with Crippen molar-refractivity contribution in [3.63, 3.8) is 0 Å². The van der Waals surface area contributed by atoms with E-state index in [1.807, 2.05) is 13.0 Å². The topological polar surface area (TPSA) is 80.8 Å². The maximum atomic E-state index is 13.2. The Bertz CT molecular complexity index is 983. The molecule has 0 aromatic heterocycles. The molecule has 2 atom stereocenters. The minimum Gasteiger partial charge on any atom is -0.438 e. The van der Waals surface area contributed by atoms with Crippen LogP contribution in [-0.4, -0.2) is 31.1 Å². The van der Waals surface area contributed by atoms with Crippen LogP contribution in [0.4, 0.5) is 4.79 Å². The third-order valence-corrected chi connectivity index (χ3v) is 6.42. The van der Waals surface area contributed by atoms with Gasteiger partial charge in [0.15, 0.2) is 6.10 Å². The number of amides is 1. The molecule has 0 radical (unpaired) electrons. The molecule has 1 aliphatic heterocycles. The third-order valence-electron chi connectivity index (χ3n) is 4.65. The Morgan fingerprint density at radius 2 is 1.79 bits per heavy atom.